The first-order chi connectivity index (χ1) is 16.8. The summed E-state index contributed by atoms with van der Waals surface area (Å²) in [5.74, 6) is 0.362. The number of Topliss-reactive ketones (excluding diaryl/α,β-unsaturated/α-hetero) is 1. The molecule has 0 spiro atoms. The molecule has 1 aromatic heterocycles. The highest BCUT2D eigenvalue weighted by atomic mass is 79.9. The standard InChI is InChI=1S/C24H29BrN4O6S/c1-7-34-19-11-15-12-29(22(28-25)20(15)27-21(19)23(31)26-5)13-17(30)14-8-9-18(35-36(6,32)33)16(10-14)24(2,3)4/h8-11H,7,12-13H2,1-6H3,(H,26,31). The van der Waals surface area contributed by atoms with Crippen molar-refractivity contribution in [1.82, 2.24) is 15.2 Å². The fourth-order valence-electron chi connectivity index (χ4n) is 3.84. The van der Waals surface area contributed by atoms with Crippen molar-refractivity contribution in [3.63, 3.8) is 0 Å². The van der Waals surface area contributed by atoms with E-state index in [1.54, 1.807) is 23.1 Å². The molecule has 0 fully saturated rings. The number of amides is 1. The number of hydrogen-bond donors (Lipinski definition) is 1. The average molecular weight is 581 g/mol. The number of nitrogens with zero attached hydrogens (tertiary/aromatic N) is 3. The predicted octanol–water partition coefficient (Wildman–Crippen LogP) is 3.23. The maximum atomic E-state index is 13.3. The predicted molar refractivity (Wildman–Crippen MR) is 140 cm³/mol. The smallest absolute Gasteiger partial charge is 0.306 e. The molecule has 194 valence electrons. The normalized spacial score (nSPS) is 14.5. The van der Waals surface area contributed by atoms with Gasteiger partial charge in [0.1, 0.15) is 11.4 Å². The molecule has 1 aliphatic heterocycles. The highest BCUT2D eigenvalue weighted by Crippen LogP contribution is 2.34. The molecule has 1 aromatic carbocycles. The Kier molecular flexibility index (Phi) is 8.09. The highest BCUT2D eigenvalue weighted by Gasteiger charge is 2.32. The Hall–Kier alpha value is -2.99. The van der Waals surface area contributed by atoms with Crippen LogP contribution in [0.3, 0.4) is 0 Å². The Morgan fingerprint density at radius 1 is 1.22 bits per heavy atom. The minimum atomic E-state index is -3.73. The number of rotatable bonds is 8. The summed E-state index contributed by atoms with van der Waals surface area (Å²) < 4.78 is 38.3. The SMILES string of the molecule is CCOc1cc2c(nc1C(=O)NC)C(=NBr)N(CC(=O)c1ccc(OS(C)(=O)=O)c(C(C)(C)C)c1)C2. The minimum Gasteiger partial charge on any atom is -0.491 e. The van der Waals surface area contributed by atoms with Crippen LogP contribution in [0.2, 0.25) is 0 Å². The van der Waals surface area contributed by atoms with Gasteiger partial charge in [0.25, 0.3) is 5.91 Å². The van der Waals surface area contributed by atoms with Gasteiger partial charge in [0.2, 0.25) is 0 Å². The number of halogens is 1. The number of fused-ring (bicyclic) bond motifs is 1. The second-order valence-electron chi connectivity index (χ2n) is 9.29. The number of nitrogens with one attached hydrogen (secondary N) is 1. The average Bonchev–Trinajstić information content (AvgIpc) is 3.12. The maximum absolute atomic E-state index is 13.3. The van der Waals surface area contributed by atoms with Gasteiger partial charge in [0.05, 0.1) is 35.6 Å². The number of carbonyl (C=O) groups is 2. The van der Waals surface area contributed by atoms with Crippen LogP contribution < -0.4 is 14.2 Å². The summed E-state index contributed by atoms with van der Waals surface area (Å²) in [6.45, 7) is 8.22. The van der Waals surface area contributed by atoms with E-state index in [0.29, 0.717) is 41.6 Å². The Balaban J connectivity index is 1.93. The molecule has 0 bridgehead atoms. The molecular formula is C24H29BrN4O6S. The number of hydrogen-bond acceptors (Lipinski definition) is 8. The van der Waals surface area contributed by atoms with Crippen LogP contribution in [0.25, 0.3) is 0 Å². The Labute approximate surface area is 219 Å². The second-order valence-corrected chi connectivity index (χ2v) is 11.2. The van der Waals surface area contributed by atoms with Crippen molar-refractivity contribution in [1.29, 1.82) is 0 Å². The van der Waals surface area contributed by atoms with Crippen molar-refractivity contribution in [2.75, 3.05) is 26.5 Å². The lowest BCUT2D eigenvalue weighted by Gasteiger charge is -2.23. The highest BCUT2D eigenvalue weighted by molar-refractivity contribution is 9.08. The summed E-state index contributed by atoms with van der Waals surface area (Å²) in [7, 11) is -2.22. The van der Waals surface area contributed by atoms with Crippen LogP contribution in [-0.4, -0.2) is 62.3 Å². The van der Waals surface area contributed by atoms with E-state index < -0.39 is 21.4 Å². The molecule has 1 N–H and O–H groups in total. The number of carbonyl (C=O) groups excluding carboxylic acids is 2. The molecule has 1 aliphatic rings. The zero-order valence-corrected chi connectivity index (χ0v) is 23.4. The molecule has 0 aliphatic carbocycles. The summed E-state index contributed by atoms with van der Waals surface area (Å²) in [4.78, 5) is 31.9. The van der Waals surface area contributed by atoms with Crippen LogP contribution in [0.1, 0.15) is 65.4 Å². The molecule has 0 saturated heterocycles. The summed E-state index contributed by atoms with van der Waals surface area (Å²) in [5, 5.41) is 2.56. The molecule has 0 unspecified atom stereocenters. The third-order valence-electron chi connectivity index (χ3n) is 5.45. The second kappa shape index (κ2) is 10.6. The number of aromatic nitrogens is 1. The van der Waals surface area contributed by atoms with E-state index in [-0.39, 0.29) is 23.8 Å². The van der Waals surface area contributed by atoms with Gasteiger partial charge in [0.15, 0.2) is 23.1 Å². The van der Waals surface area contributed by atoms with Crippen LogP contribution in [-0.2, 0) is 22.1 Å². The molecule has 0 atom stereocenters. The van der Waals surface area contributed by atoms with Crippen molar-refractivity contribution >= 4 is 43.8 Å². The van der Waals surface area contributed by atoms with E-state index in [9.17, 15) is 18.0 Å². The number of benzene rings is 1. The van der Waals surface area contributed by atoms with E-state index in [2.05, 4.69) is 30.5 Å². The summed E-state index contributed by atoms with van der Waals surface area (Å²) >= 11 is 3.13. The van der Waals surface area contributed by atoms with Crippen molar-refractivity contribution in [3.05, 3.63) is 52.3 Å². The van der Waals surface area contributed by atoms with Gasteiger partial charge in [-0.3, -0.25) is 9.59 Å². The van der Waals surface area contributed by atoms with Gasteiger partial charge in [-0.2, -0.15) is 12.4 Å². The molecular weight excluding hydrogens is 552 g/mol. The van der Waals surface area contributed by atoms with Gasteiger partial charge in [0, 0.05) is 30.3 Å². The lowest BCUT2D eigenvalue weighted by Crippen LogP contribution is -2.31. The lowest BCUT2D eigenvalue weighted by molar-refractivity contribution is 0.0949. The van der Waals surface area contributed by atoms with Crippen molar-refractivity contribution < 1.29 is 26.9 Å². The molecule has 2 heterocycles. The number of ether oxygens (including phenoxy) is 1. The number of ketones is 1. The first kappa shape index (κ1) is 27.6. The molecule has 0 radical (unpaired) electrons. The van der Waals surface area contributed by atoms with Crippen LogP contribution in [0.5, 0.6) is 11.5 Å². The third-order valence-corrected chi connectivity index (χ3v) is 6.26. The molecule has 1 amide bonds. The van der Waals surface area contributed by atoms with Gasteiger partial charge in [-0.15, -0.1) is 0 Å². The van der Waals surface area contributed by atoms with Gasteiger partial charge in [-0.25, -0.2) is 4.98 Å². The largest absolute Gasteiger partial charge is 0.491 e. The van der Waals surface area contributed by atoms with E-state index in [0.717, 1.165) is 11.8 Å². The van der Waals surface area contributed by atoms with Gasteiger partial charge >= 0.3 is 10.1 Å². The van der Waals surface area contributed by atoms with Crippen LogP contribution in [0.4, 0.5) is 0 Å². The first-order valence-corrected chi connectivity index (χ1v) is 13.7. The Bertz CT molecular complexity index is 1330. The monoisotopic (exact) mass is 580 g/mol. The third kappa shape index (κ3) is 6.04. The van der Waals surface area contributed by atoms with Crippen molar-refractivity contribution in [2.24, 2.45) is 4.02 Å². The number of pyridine rings is 1. The molecule has 2 aromatic rings. The van der Waals surface area contributed by atoms with E-state index in [1.165, 1.54) is 13.1 Å². The molecule has 36 heavy (non-hydrogen) atoms. The molecule has 12 heteroatoms. The van der Waals surface area contributed by atoms with Gasteiger partial charge < -0.3 is 19.1 Å². The van der Waals surface area contributed by atoms with Crippen LogP contribution in [0, 0.1) is 0 Å². The molecule has 0 saturated carbocycles. The van der Waals surface area contributed by atoms with E-state index >= 15 is 0 Å². The van der Waals surface area contributed by atoms with E-state index in [4.69, 9.17) is 8.92 Å². The zero-order chi connectivity index (χ0) is 26.8. The van der Waals surface area contributed by atoms with Gasteiger partial charge in [-0.05, 0) is 36.6 Å². The zero-order valence-electron chi connectivity index (χ0n) is 21.0. The van der Waals surface area contributed by atoms with Gasteiger partial charge in [-0.1, -0.05) is 20.8 Å². The van der Waals surface area contributed by atoms with E-state index in [1.807, 2.05) is 27.7 Å². The van der Waals surface area contributed by atoms with Crippen molar-refractivity contribution in [3.8, 4) is 11.5 Å². The van der Waals surface area contributed by atoms with Crippen LogP contribution in [0.15, 0.2) is 28.3 Å². The quantitative estimate of drug-likeness (QED) is 0.372. The summed E-state index contributed by atoms with van der Waals surface area (Å²) in [6.07, 6.45) is 0.977. The lowest BCUT2D eigenvalue weighted by atomic mass is 9.85. The summed E-state index contributed by atoms with van der Waals surface area (Å²) in [6, 6.07) is 6.44. The molecule has 3 rings (SSSR count). The summed E-state index contributed by atoms with van der Waals surface area (Å²) in [5.41, 5.74) is 1.91. The molecule has 10 nitrogen and oxygen atoms in total. The Morgan fingerprint density at radius 2 is 1.92 bits per heavy atom. The fraction of sp³-hybridized carbons (Fsp3) is 0.417. The Morgan fingerprint density at radius 3 is 2.47 bits per heavy atom. The first-order valence-electron chi connectivity index (χ1n) is 11.2. The van der Waals surface area contributed by atoms with Crippen molar-refractivity contribution in [2.45, 2.75) is 39.7 Å². The number of amidine groups is 1. The van der Waals surface area contributed by atoms with Crippen LogP contribution >= 0.6 is 16.1 Å². The fourth-order valence-corrected chi connectivity index (χ4v) is 4.70. The maximum Gasteiger partial charge on any atom is 0.306 e. The minimum absolute atomic E-state index is 0.0179. The topological polar surface area (TPSA) is 127 Å².